The second kappa shape index (κ2) is 7.30. The standard InChI is InChI=1S/C15H19N5O3/c1-22-6-5-17-13(21)10-20-8-12(9-20)15-18-14(19-23-15)11-3-2-4-16-7-11/h2-4,7,12H,5-6,8-10H2,1H3,(H,17,21). The van der Waals surface area contributed by atoms with Crippen LogP contribution >= 0.6 is 0 Å². The molecular weight excluding hydrogens is 298 g/mol. The normalized spacial score (nSPS) is 15.3. The Hall–Kier alpha value is -2.32. The van der Waals surface area contributed by atoms with E-state index < -0.39 is 0 Å². The Bertz CT molecular complexity index is 640. The number of aromatic nitrogens is 3. The van der Waals surface area contributed by atoms with Crippen LogP contribution in [-0.4, -0.2) is 65.8 Å². The molecule has 8 nitrogen and oxygen atoms in total. The van der Waals surface area contributed by atoms with Crippen LogP contribution in [0.4, 0.5) is 0 Å². The van der Waals surface area contributed by atoms with Gasteiger partial charge in [-0.05, 0) is 12.1 Å². The SMILES string of the molecule is COCCNC(=O)CN1CC(c2nc(-c3cccnc3)no2)C1. The minimum absolute atomic E-state index is 0.00192. The molecule has 3 heterocycles. The van der Waals surface area contributed by atoms with Crippen LogP contribution in [0.1, 0.15) is 11.8 Å². The fraction of sp³-hybridized carbons (Fsp3) is 0.467. The van der Waals surface area contributed by atoms with Crippen molar-refractivity contribution in [1.82, 2.24) is 25.3 Å². The lowest BCUT2D eigenvalue weighted by Gasteiger charge is -2.36. The zero-order chi connectivity index (χ0) is 16.1. The molecule has 1 fully saturated rings. The first-order chi connectivity index (χ1) is 11.3. The molecule has 1 N–H and O–H groups in total. The first kappa shape index (κ1) is 15.6. The van der Waals surface area contributed by atoms with Crippen molar-refractivity contribution in [2.24, 2.45) is 0 Å². The average Bonchev–Trinajstić information content (AvgIpc) is 3.01. The molecule has 1 saturated heterocycles. The van der Waals surface area contributed by atoms with Crippen molar-refractivity contribution in [2.75, 3.05) is 39.9 Å². The minimum atomic E-state index is 0.00192. The Balaban J connectivity index is 1.47. The summed E-state index contributed by atoms with van der Waals surface area (Å²) in [7, 11) is 1.61. The Morgan fingerprint density at radius 2 is 2.39 bits per heavy atom. The maximum Gasteiger partial charge on any atom is 0.234 e. The molecule has 0 bridgehead atoms. The van der Waals surface area contributed by atoms with Gasteiger partial charge < -0.3 is 14.6 Å². The third-order valence-corrected chi connectivity index (χ3v) is 3.66. The lowest BCUT2D eigenvalue weighted by Crippen LogP contribution is -2.49. The number of nitrogens with one attached hydrogen (secondary N) is 1. The summed E-state index contributed by atoms with van der Waals surface area (Å²) in [5.74, 6) is 1.34. The summed E-state index contributed by atoms with van der Waals surface area (Å²) in [4.78, 5) is 22.2. The Morgan fingerprint density at radius 3 is 3.13 bits per heavy atom. The highest BCUT2D eigenvalue weighted by Crippen LogP contribution is 2.26. The van der Waals surface area contributed by atoms with Gasteiger partial charge in [-0.25, -0.2) is 0 Å². The van der Waals surface area contributed by atoms with Crippen molar-refractivity contribution < 1.29 is 14.1 Å². The summed E-state index contributed by atoms with van der Waals surface area (Å²) in [6.45, 7) is 2.92. The molecule has 0 atom stereocenters. The molecule has 0 radical (unpaired) electrons. The van der Waals surface area contributed by atoms with Gasteiger partial charge in [0, 0.05) is 44.7 Å². The number of amides is 1. The van der Waals surface area contributed by atoms with Crippen molar-refractivity contribution in [2.45, 2.75) is 5.92 Å². The molecular formula is C15H19N5O3. The summed E-state index contributed by atoms with van der Waals surface area (Å²) in [5.41, 5.74) is 0.830. The van der Waals surface area contributed by atoms with Crippen molar-refractivity contribution in [3.63, 3.8) is 0 Å². The van der Waals surface area contributed by atoms with Crippen LogP contribution < -0.4 is 5.32 Å². The fourth-order valence-electron chi connectivity index (χ4n) is 2.42. The summed E-state index contributed by atoms with van der Waals surface area (Å²) < 4.78 is 10.2. The summed E-state index contributed by atoms with van der Waals surface area (Å²) in [5, 5.41) is 6.79. The lowest BCUT2D eigenvalue weighted by atomic mass is 10.0. The largest absolute Gasteiger partial charge is 0.383 e. The molecule has 122 valence electrons. The maximum absolute atomic E-state index is 11.7. The Labute approximate surface area is 133 Å². The maximum atomic E-state index is 11.7. The van der Waals surface area contributed by atoms with E-state index in [0.29, 0.717) is 31.4 Å². The monoisotopic (exact) mass is 317 g/mol. The number of carbonyl (C=O) groups excluding carboxylic acids is 1. The first-order valence-corrected chi connectivity index (χ1v) is 7.48. The summed E-state index contributed by atoms with van der Waals surface area (Å²) in [6.07, 6.45) is 3.40. The summed E-state index contributed by atoms with van der Waals surface area (Å²) >= 11 is 0. The van der Waals surface area contributed by atoms with Crippen LogP contribution in [0.2, 0.25) is 0 Å². The average molecular weight is 317 g/mol. The van der Waals surface area contributed by atoms with E-state index in [1.165, 1.54) is 0 Å². The number of hydrogen-bond donors (Lipinski definition) is 1. The predicted octanol–water partition coefficient (Wildman–Crippen LogP) is 0.293. The van der Waals surface area contributed by atoms with Gasteiger partial charge >= 0.3 is 0 Å². The number of rotatable bonds is 7. The van der Waals surface area contributed by atoms with E-state index in [-0.39, 0.29) is 11.8 Å². The van der Waals surface area contributed by atoms with Crippen LogP contribution in [0.3, 0.4) is 0 Å². The van der Waals surface area contributed by atoms with E-state index >= 15 is 0 Å². The molecule has 2 aromatic rings. The van der Waals surface area contributed by atoms with E-state index in [0.717, 1.165) is 18.7 Å². The smallest absolute Gasteiger partial charge is 0.234 e. The zero-order valence-electron chi connectivity index (χ0n) is 12.9. The lowest BCUT2D eigenvalue weighted by molar-refractivity contribution is -0.123. The van der Waals surface area contributed by atoms with Crippen molar-refractivity contribution >= 4 is 5.91 Å². The van der Waals surface area contributed by atoms with E-state index in [9.17, 15) is 4.79 Å². The van der Waals surface area contributed by atoms with E-state index in [1.807, 2.05) is 17.0 Å². The van der Waals surface area contributed by atoms with Gasteiger partial charge in [0.25, 0.3) is 0 Å². The van der Waals surface area contributed by atoms with E-state index in [4.69, 9.17) is 9.26 Å². The van der Waals surface area contributed by atoms with Gasteiger partial charge in [-0.1, -0.05) is 5.16 Å². The second-order valence-corrected chi connectivity index (χ2v) is 5.43. The van der Waals surface area contributed by atoms with Crippen LogP contribution in [0.15, 0.2) is 29.0 Å². The molecule has 0 unspecified atom stereocenters. The van der Waals surface area contributed by atoms with Gasteiger partial charge in [0.05, 0.1) is 19.1 Å². The molecule has 0 saturated carbocycles. The second-order valence-electron chi connectivity index (χ2n) is 5.43. The number of ether oxygens (including phenoxy) is 1. The third kappa shape index (κ3) is 3.91. The van der Waals surface area contributed by atoms with Crippen molar-refractivity contribution in [3.05, 3.63) is 30.4 Å². The fourth-order valence-corrected chi connectivity index (χ4v) is 2.42. The predicted molar refractivity (Wildman–Crippen MR) is 81.6 cm³/mol. The number of hydrogen-bond acceptors (Lipinski definition) is 7. The van der Waals surface area contributed by atoms with Gasteiger partial charge in [-0.2, -0.15) is 4.98 Å². The highest BCUT2D eigenvalue weighted by molar-refractivity contribution is 5.78. The van der Waals surface area contributed by atoms with Crippen LogP contribution in [0.25, 0.3) is 11.4 Å². The molecule has 3 rings (SSSR count). The molecule has 0 aromatic carbocycles. The number of nitrogens with zero attached hydrogens (tertiary/aromatic N) is 4. The van der Waals surface area contributed by atoms with Gasteiger partial charge in [-0.15, -0.1) is 0 Å². The quantitative estimate of drug-likeness (QED) is 0.734. The van der Waals surface area contributed by atoms with Gasteiger partial charge in [-0.3, -0.25) is 14.7 Å². The number of carbonyl (C=O) groups is 1. The van der Waals surface area contributed by atoms with E-state index in [2.05, 4.69) is 20.4 Å². The third-order valence-electron chi connectivity index (χ3n) is 3.66. The van der Waals surface area contributed by atoms with Crippen LogP contribution in [0, 0.1) is 0 Å². The molecule has 23 heavy (non-hydrogen) atoms. The van der Waals surface area contributed by atoms with Crippen molar-refractivity contribution in [1.29, 1.82) is 0 Å². The Kier molecular flexibility index (Phi) is 4.94. The van der Waals surface area contributed by atoms with E-state index in [1.54, 1.807) is 19.5 Å². The molecule has 0 aliphatic carbocycles. The zero-order valence-corrected chi connectivity index (χ0v) is 12.9. The first-order valence-electron chi connectivity index (χ1n) is 7.48. The highest BCUT2D eigenvalue weighted by atomic mass is 16.5. The minimum Gasteiger partial charge on any atom is -0.383 e. The van der Waals surface area contributed by atoms with Crippen LogP contribution in [-0.2, 0) is 9.53 Å². The topological polar surface area (TPSA) is 93.4 Å². The number of methoxy groups -OCH3 is 1. The molecule has 1 aliphatic rings. The molecule has 0 spiro atoms. The molecule has 8 heteroatoms. The number of likely N-dealkylation sites (tertiary alicyclic amines) is 1. The molecule has 1 aliphatic heterocycles. The van der Waals surface area contributed by atoms with Crippen molar-refractivity contribution in [3.8, 4) is 11.4 Å². The molecule has 2 aromatic heterocycles. The number of pyridine rings is 1. The van der Waals surface area contributed by atoms with Gasteiger partial charge in [0.15, 0.2) is 0 Å². The summed E-state index contributed by atoms with van der Waals surface area (Å²) in [6, 6.07) is 3.72. The molecule has 1 amide bonds. The highest BCUT2D eigenvalue weighted by Gasteiger charge is 2.33. The van der Waals surface area contributed by atoms with Gasteiger partial charge in [0.2, 0.25) is 17.6 Å². The van der Waals surface area contributed by atoms with Crippen LogP contribution in [0.5, 0.6) is 0 Å². The van der Waals surface area contributed by atoms with Gasteiger partial charge in [0.1, 0.15) is 0 Å². The Morgan fingerprint density at radius 1 is 1.52 bits per heavy atom.